The summed E-state index contributed by atoms with van der Waals surface area (Å²) in [5, 5.41) is 2.95. The number of benzene rings is 2. The van der Waals surface area contributed by atoms with Crippen molar-refractivity contribution in [1.29, 1.82) is 0 Å². The molecule has 1 aromatic heterocycles. The van der Waals surface area contributed by atoms with Crippen LogP contribution < -0.4 is 5.32 Å². The molecule has 0 spiro atoms. The SMILES string of the molecule is Cc1nc2cc(NC(=O)C(C)CSc3ccccc3)ccc2o1. The van der Waals surface area contributed by atoms with Crippen LogP contribution in [0.4, 0.5) is 5.69 Å². The summed E-state index contributed by atoms with van der Waals surface area (Å²) in [6.45, 7) is 3.74. The molecule has 1 amide bonds. The maximum Gasteiger partial charge on any atom is 0.228 e. The minimum absolute atomic E-state index is 0.00741. The Kier molecular flexibility index (Phi) is 4.67. The zero-order valence-electron chi connectivity index (χ0n) is 13.1. The van der Waals surface area contributed by atoms with Gasteiger partial charge in [0.15, 0.2) is 11.5 Å². The largest absolute Gasteiger partial charge is 0.441 e. The molecule has 1 unspecified atom stereocenters. The van der Waals surface area contributed by atoms with E-state index < -0.39 is 0 Å². The first-order valence-corrected chi connectivity index (χ1v) is 8.46. The lowest BCUT2D eigenvalue weighted by atomic mass is 10.2. The Labute approximate surface area is 139 Å². The van der Waals surface area contributed by atoms with Crippen LogP contribution >= 0.6 is 11.8 Å². The zero-order valence-corrected chi connectivity index (χ0v) is 13.9. The van der Waals surface area contributed by atoms with Gasteiger partial charge >= 0.3 is 0 Å². The lowest BCUT2D eigenvalue weighted by molar-refractivity contribution is -0.118. The molecule has 0 saturated carbocycles. The second-order valence-corrected chi connectivity index (χ2v) is 6.52. The van der Waals surface area contributed by atoms with Gasteiger partial charge in [-0.3, -0.25) is 4.79 Å². The third-order valence-corrected chi connectivity index (χ3v) is 4.72. The topological polar surface area (TPSA) is 55.1 Å². The van der Waals surface area contributed by atoms with E-state index in [2.05, 4.69) is 22.4 Å². The van der Waals surface area contributed by atoms with E-state index in [1.807, 2.05) is 43.3 Å². The van der Waals surface area contributed by atoms with Crippen molar-refractivity contribution >= 4 is 34.5 Å². The van der Waals surface area contributed by atoms with Gasteiger partial charge in [0.05, 0.1) is 0 Å². The smallest absolute Gasteiger partial charge is 0.228 e. The van der Waals surface area contributed by atoms with E-state index in [0.717, 1.165) is 22.5 Å². The van der Waals surface area contributed by atoms with Crippen LogP contribution in [0, 0.1) is 12.8 Å². The van der Waals surface area contributed by atoms with Crippen LogP contribution in [0.1, 0.15) is 12.8 Å². The predicted molar refractivity (Wildman–Crippen MR) is 93.7 cm³/mol. The number of thioether (sulfide) groups is 1. The van der Waals surface area contributed by atoms with E-state index in [-0.39, 0.29) is 11.8 Å². The monoisotopic (exact) mass is 326 g/mol. The van der Waals surface area contributed by atoms with Crippen LogP contribution in [-0.4, -0.2) is 16.6 Å². The lowest BCUT2D eigenvalue weighted by Gasteiger charge is -2.12. The normalized spacial score (nSPS) is 12.3. The molecule has 23 heavy (non-hydrogen) atoms. The fourth-order valence-corrected chi connectivity index (χ4v) is 3.14. The van der Waals surface area contributed by atoms with Crippen molar-refractivity contribution in [3.05, 3.63) is 54.4 Å². The molecule has 0 aliphatic heterocycles. The van der Waals surface area contributed by atoms with Gasteiger partial charge < -0.3 is 9.73 Å². The molecule has 0 fully saturated rings. The highest BCUT2D eigenvalue weighted by molar-refractivity contribution is 7.99. The van der Waals surface area contributed by atoms with Crippen molar-refractivity contribution in [3.8, 4) is 0 Å². The van der Waals surface area contributed by atoms with Crippen LogP contribution in [0.15, 0.2) is 57.8 Å². The summed E-state index contributed by atoms with van der Waals surface area (Å²) < 4.78 is 5.44. The van der Waals surface area contributed by atoms with Crippen molar-refractivity contribution in [2.45, 2.75) is 18.7 Å². The number of nitrogens with zero attached hydrogens (tertiary/aromatic N) is 1. The highest BCUT2D eigenvalue weighted by atomic mass is 32.2. The molecule has 1 atom stereocenters. The lowest BCUT2D eigenvalue weighted by Crippen LogP contribution is -2.22. The van der Waals surface area contributed by atoms with Crippen LogP contribution in [-0.2, 0) is 4.79 Å². The van der Waals surface area contributed by atoms with Crippen LogP contribution in [0.5, 0.6) is 0 Å². The predicted octanol–water partition coefficient (Wildman–Crippen LogP) is 4.50. The quantitative estimate of drug-likeness (QED) is 0.701. The number of fused-ring (bicyclic) bond motifs is 1. The molecule has 0 bridgehead atoms. The number of nitrogens with one attached hydrogen (secondary N) is 1. The van der Waals surface area contributed by atoms with E-state index in [1.54, 1.807) is 18.7 Å². The number of hydrogen-bond acceptors (Lipinski definition) is 4. The first-order valence-electron chi connectivity index (χ1n) is 7.48. The molecule has 5 heteroatoms. The van der Waals surface area contributed by atoms with Gasteiger partial charge in [0.2, 0.25) is 5.91 Å². The summed E-state index contributed by atoms with van der Waals surface area (Å²) in [6, 6.07) is 15.6. The zero-order chi connectivity index (χ0) is 16.2. The van der Waals surface area contributed by atoms with Gasteiger partial charge in [-0.05, 0) is 30.3 Å². The number of carbonyl (C=O) groups excluding carboxylic acids is 1. The summed E-state index contributed by atoms with van der Waals surface area (Å²) in [4.78, 5) is 17.8. The highest BCUT2D eigenvalue weighted by Gasteiger charge is 2.14. The summed E-state index contributed by atoms with van der Waals surface area (Å²) in [5.74, 6) is 1.28. The number of amides is 1. The Morgan fingerprint density at radius 3 is 2.83 bits per heavy atom. The fourth-order valence-electron chi connectivity index (χ4n) is 2.20. The van der Waals surface area contributed by atoms with Crippen molar-refractivity contribution < 1.29 is 9.21 Å². The summed E-state index contributed by atoms with van der Waals surface area (Å²) >= 11 is 1.69. The summed E-state index contributed by atoms with van der Waals surface area (Å²) in [6.07, 6.45) is 0. The number of anilines is 1. The van der Waals surface area contributed by atoms with Crippen molar-refractivity contribution in [3.63, 3.8) is 0 Å². The van der Waals surface area contributed by atoms with E-state index in [9.17, 15) is 4.79 Å². The Hall–Kier alpha value is -2.27. The molecule has 1 heterocycles. The fraction of sp³-hybridized carbons (Fsp3) is 0.222. The van der Waals surface area contributed by atoms with Gasteiger partial charge in [-0.2, -0.15) is 0 Å². The molecule has 118 valence electrons. The first kappa shape index (κ1) is 15.6. The summed E-state index contributed by atoms with van der Waals surface area (Å²) in [5.41, 5.74) is 2.23. The minimum Gasteiger partial charge on any atom is -0.441 e. The highest BCUT2D eigenvalue weighted by Crippen LogP contribution is 2.22. The molecule has 0 aliphatic carbocycles. The van der Waals surface area contributed by atoms with Gasteiger partial charge in [0.25, 0.3) is 0 Å². The van der Waals surface area contributed by atoms with Crippen molar-refractivity contribution in [2.75, 3.05) is 11.1 Å². The third-order valence-electron chi connectivity index (χ3n) is 3.45. The van der Waals surface area contributed by atoms with E-state index in [0.29, 0.717) is 5.89 Å². The number of carbonyl (C=O) groups is 1. The number of aromatic nitrogens is 1. The molecule has 0 radical (unpaired) electrons. The van der Waals surface area contributed by atoms with Gasteiger partial charge in [-0.25, -0.2) is 4.98 Å². The molecule has 0 saturated heterocycles. The molecule has 2 aromatic carbocycles. The van der Waals surface area contributed by atoms with Crippen LogP contribution in [0.3, 0.4) is 0 Å². The van der Waals surface area contributed by atoms with Gasteiger partial charge in [-0.1, -0.05) is 25.1 Å². The van der Waals surface area contributed by atoms with E-state index in [1.165, 1.54) is 4.90 Å². The molecular formula is C18H18N2O2S. The Balaban J connectivity index is 1.60. The average molecular weight is 326 g/mol. The molecule has 0 aliphatic rings. The number of aryl methyl sites for hydroxylation is 1. The molecule has 3 aromatic rings. The molecule has 3 rings (SSSR count). The summed E-state index contributed by atoms with van der Waals surface area (Å²) in [7, 11) is 0. The van der Waals surface area contributed by atoms with Crippen molar-refractivity contribution in [2.24, 2.45) is 5.92 Å². The molecule has 4 nitrogen and oxygen atoms in total. The maximum atomic E-state index is 12.3. The second-order valence-electron chi connectivity index (χ2n) is 5.43. The van der Waals surface area contributed by atoms with Gasteiger partial charge in [0, 0.05) is 29.2 Å². The molecular weight excluding hydrogens is 308 g/mol. The van der Waals surface area contributed by atoms with Gasteiger partial charge in [0.1, 0.15) is 5.52 Å². The number of rotatable bonds is 5. The average Bonchev–Trinajstić information content (AvgIpc) is 2.92. The number of hydrogen-bond donors (Lipinski definition) is 1. The second kappa shape index (κ2) is 6.87. The van der Waals surface area contributed by atoms with Crippen LogP contribution in [0.25, 0.3) is 11.1 Å². The Morgan fingerprint density at radius 2 is 2.04 bits per heavy atom. The van der Waals surface area contributed by atoms with E-state index in [4.69, 9.17) is 4.42 Å². The van der Waals surface area contributed by atoms with Crippen LogP contribution in [0.2, 0.25) is 0 Å². The Morgan fingerprint density at radius 1 is 1.26 bits per heavy atom. The van der Waals surface area contributed by atoms with Crippen molar-refractivity contribution in [1.82, 2.24) is 4.98 Å². The minimum atomic E-state index is -0.0880. The molecule has 1 N–H and O–H groups in total. The standard InChI is InChI=1S/C18H18N2O2S/c1-12(11-23-15-6-4-3-5-7-15)18(21)20-14-8-9-17-16(10-14)19-13(2)22-17/h3-10,12H,11H2,1-2H3,(H,20,21). The first-order chi connectivity index (χ1) is 11.1. The maximum absolute atomic E-state index is 12.3. The number of oxazole rings is 1. The Bertz CT molecular complexity index is 814. The van der Waals surface area contributed by atoms with E-state index >= 15 is 0 Å². The van der Waals surface area contributed by atoms with Gasteiger partial charge in [-0.15, -0.1) is 11.8 Å². The third kappa shape index (κ3) is 3.93.